The van der Waals surface area contributed by atoms with E-state index in [1.54, 1.807) is 0 Å². The highest BCUT2D eigenvalue weighted by molar-refractivity contribution is 14.1. The highest BCUT2D eigenvalue weighted by Gasteiger charge is 2.14. The second-order valence-electron chi connectivity index (χ2n) is 7.92. The van der Waals surface area contributed by atoms with Crippen molar-refractivity contribution in [3.05, 3.63) is 119 Å². The molecule has 0 fully saturated rings. The van der Waals surface area contributed by atoms with Gasteiger partial charge in [0.1, 0.15) is 0 Å². The molecule has 6 rings (SSSR count). The smallest absolute Gasteiger partial charge is 0.0293 e. The van der Waals surface area contributed by atoms with Crippen LogP contribution in [0.4, 0.5) is 0 Å². The van der Waals surface area contributed by atoms with E-state index in [9.17, 15) is 0 Å². The lowest BCUT2D eigenvalue weighted by Crippen LogP contribution is -1.90. The molecule has 0 amide bonds. The summed E-state index contributed by atoms with van der Waals surface area (Å²) in [5, 5.41) is 7.81. The van der Waals surface area contributed by atoms with Crippen LogP contribution in [0.2, 0.25) is 0 Å². The fraction of sp³-hybridized carbons (Fsp3) is 0. The van der Waals surface area contributed by atoms with Gasteiger partial charge >= 0.3 is 0 Å². The van der Waals surface area contributed by atoms with Gasteiger partial charge in [0.05, 0.1) is 0 Å². The third-order valence-electron chi connectivity index (χ3n) is 6.13. The van der Waals surface area contributed by atoms with Crippen LogP contribution in [0.15, 0.2) is 115 Å². The zero-order valence-electron chi connectivity index (χ0n) is 16.8. The van der Waals surface area contributed by atoms with Gasteiger partial charge in [-0.2, -0.15) is 0 Å². The summed E-state index contributed by atoms with van der Waals surface area (Å²) in [5.74, 6) is 0. The second kappa shape index (κ2) is 7.51. The molecule has 0 aliphatic rings. The monoisotopic (exact) mass is 506 g/mol. The number of hydrogen-bond donors (Lipinski definition) is 0. The minimum absolute atomic E-state index is 1.25. The summed E-state index contributed by atoms with van der Waals surface area (Å²) in [5.41, 5.74) is 5.08. The van der Waals surface area contributed by atoms with Crippen molar-refractivity contribution in [2.24, 2.45) is 0 Å². The zero-order chi connectivity index (χ0) is 20.8. The van der Waals surface area contributed by atoms with Crippen LogP contribution in [0, 0.1) is 3.57 Å². The van der Waals surface area contributed by atoms with Gasteiger partial charge in [0.15, 0.2) is 0 Å². The predicted octanol–water partition coefficient (Wildman–Crippen LogP) is 9.08. The van der Waals surface area contributed by atoms with Gasteiger partial charge in [-0.3, -0.25) is 0 Å². The first-order valence-corrected chi connectivity index (χ1v) is 11.6. The Bertz CT molecular complexity index is 1580. The van der Waals surface area contributed by atoms with Gasteiger partial charge in [0, 0.05) is 9.13 Å². The molecule has 0 atom stereocenters. The maximum Gasteiger partial charge on any atom is 0.0293 e. The van der Waals surface area contributed by atoms with E-state index >= 15 is 0 Å². The molecule has 0 N–H and O–H groups in total. The van der Waals surface area contributed by atoms with Crippen LogP contribution in [0.5, 0.6) is 0 Å². The van der Waals surface area contributed by atoms with Crippen molar-refractivity contribution in [1.82, 2.24) is 0 Å². The van der Waals surface area contributed by atoms with Gasteiger partial charge < -0.3 is 0 Å². The van der Waals surface area contributed by atoms with Crippen LogP contribution in [-0.4, -0.2) is 0 Å². The second-order valence-corrected chi connectivity index (χ2v) is 9.00. The van der Waals surface area contributed by atoms with Crippen molar-refractivity contribution in [1.29, 1.82) is 0 Å². The molecule has 6 aromatic rings. The van der Waals surface area contributed by atoms with Crippen LogP contribution in [0.25, 0.3) is 54.6 Å². The maximum atomic E-state index is 2.52. The molecule has 0 bridgehead atoms. The summed E-state index contributed by atoms with van der Waals surface area (Å²) in [6.45, 7) is 0. The summed E-state index contributed by atoms with van der Waals surface area (Å²) < 4.78 is 1.31. The molecular formula is C30H19I. The Kier molecular flexibility index (Phi) is 4.50. The SMILES string of the molecule is Ic1c(-c2ccc(-c3ccc4ccccc4c3)cc2)c2ccccc2c2ccccc12. The largest absolute Gasteiger partial charge is 0.0616 e. The van der Waals surface area contributed by atoms with Crippen molar-refractivity contribution >= 4 is 54.9 Å². The number of rotatable bonds is 2. The molecule has 1 heteroatoms. The van der Waals surface area contributed by atoms with Crippen LogP contribution < -0.4 is 0 Å². The Morgan fingerprint density at radius 2 is 0.903 bits per heavy atom. The standard InChI is InChI=1S/C30H19I/c31-30-28-12-6-4-10-26(28)25-9-3-5-11-27(25)29(30)22-16-13-21(14-17-22)24-18-15-20-7-1-2-8-23(20)19-24/h1-19H. The van der Waals surface area contributed by atoms with Gasteiger partial charge in [-0.25, -0.2) is 0 Å². The highest BCUT2D eigenvalue weighted by atomic mass is 127. The Morgan fingerprint density at radius 1 is 0.387 bits per heavy atom. The van der Waals surface area contributed by atoms with Gasteiger partial charge in [0.2, 0.25) is 0 Å². The number of benzene rings is 6. The lowest BCUT2D eigenvalue weighted by molar-refractivity contribution is 1.61. The molecule has 0 aliphatic carbocycles. The fourth-order valence-electron chi connectivity index (χ4n) is 4.58. The molecule has 0 saturated carbocycles. The first kappa shape index (κ1) is 18.6. The summed E-state index contributed by atoms with van der Waals surface area (Å²) in [6.07, 6.45) is 0. The molecule has 0 spiro atoms. The molecule has 0 unspecified atom stereocenters. The summed E-state index contributed by atoms with van der Waals surface area (Å²) >= 11 is 2.52. The van der Waals surface area contributed by atoms with Crippen molar-refractivity contribution in [2.75, 3.05) is 0 Å². The van der Waals surface area contributed by atoms with E-state index in [1.165, 1.54) is 58.1 Å². The number of hydrogen-bond acceptors (Lipinski definition) is 0. The molecule has 0 aromatic heterocycles. The van der Waals surface area contributed by atoms with E-state index in [4.69, 9.17) is 0 Å². The zero-order valence-corrected chi connectivity index (χ0v) is 19.0. The Morgan fingerprint density at radius 3 is 1.65 bits per heavy atom. The minimum Gasteiger partial charge on any atom is -0.0616 e. The van der Waals surface area contributed by atoms with E-state index in [1.807, 2.05) is 0 Å². The van der Waals surface area contributed by atoms with Crippen LogP contribution in [0.1, 0.15) is 0 Å². The van der Waals surface area contributed by atoms with E-state index < -0.39 is 0 Å². The number of halogens is 1. The molecule has 31 heavy (non-hydrogen) atoms. The summed E-state index contributed by atoms with van der Waals surface area (Å²) in [4.78, 5) is 0. The Hall–Kier alpha value is -3.17. The van der Waals surface area contributed by atoms with Crippen LogP contribution >= 0.6 is 22.6 Å². The van der Waals surface area contributed by atoms with Crippen molar-refractivity contribution in [3.8, 4) is 22.3 Å². The first-order valence-electron chi connectivity index (χ1n) is 10.5. The average molecular weight is 506 g/mol. The molecule has 0 nitrogen and oxygen atoms in total. The van der Waals surface area contributed by atoms with Gasteiger partial charge in [-0.05, 0) is 77.7 Å². The van der Waals surface area contributed by atoms with E-state index in [0.29, 0.717) is 0 Å². The molecule has 6 aromatic carbocycles. The van der Waals surface area contributed by atoms with E-state index in [2.05, 4.69) is 138 Å². The van der Waals surface area contributed by atoms with Gasteiger partial charge in [0.25, 0.3) is 0 Å². The molecule has 0 aliphatic heterocycles. The lowest BCUT2D eigenvalue weighted by atomic mass is 9.92. The fourth-order valence-corrected chi connectivity index (χ4v) is 5.65. The van der Waals surface area contributed by atoms with Crippen LogP contribution in [-0.2, 0) is 0 Å². The molecule has 0 radical (unpaired) electrons. The highest BCUT2D eigenvalue weighted by Crippen LogP contribution is 2.40. The topological polar surface area (TPSA) is 0 Å². The normalized spacial score (nSPS) is 11.4. The molecular weight excluding hydrogens is 487 g/mol. The Balaban J connectivity index is 1.52. The average Bonchev–Trinajstić information content (AvgIpc) is 2.84. The Labute approximate surface area is 195 Å². The van der Waals surface area contributed by atoms with E-state index in [-0.39, 0.29) is 0 Å². The van der Waals surface area contributed by atoms with Gasteiger partial charge in [-0.1, -0.05) is 109 Å². The van der Waals surface area contributed by atoms with Crippen molar-refractivity contribution < 1.29 is 0 Å². The minimum atomic E-state index is 1.25. The lowest BCUT2D eigenvalue weighted by Gasteiger charge is -2.15. The van der Waals surface area contributed by atoms with Crippen LogP contribution in [0.3, 0.4) is 0 Å². The third-order valence-corrected chi connectivity index (χ3v) is 7.25. The number of fused-ring (bicyclic) bond motifs is 4. The maximum absolute atomic E-state index is 2.52. The molecule has 146 valence electrons. The molecule has 0 heterocycles. The summed E-state index contributed by atoms with van der Waals surface area (Å²) in [6, 6.07) is 41.7. The van der Waals surface area contributed by atoms with Crippen molar-refractivity contribution in [3.63, 3.8) is 0 Å². The third kappa shape index (κ3) is 3.12. The molecule has 0 saturated heterocycles. The van der Waals surface area contributed by atoms with E-state index in [0.717, 1.165) is 0 Å². The van der Waals surface area contributed by atoms with Gasteiger partial charge in [-0.15, -0.1) is 0 Å². The first-order chi connectivity index (χ1) is 15.3. The quantitative estimate of drug-likeness (QED) is 0.162. The summed E-state index contributed by atoms with van der Waals surface area (Å²) in [7, 11) is 0. The van der Waals surface area contributed by atoms with Crippen molar-refractivity contribution in [2.45, 2.75) is 0 Å². The predicted molar refractivity (Wildman–Crippen MR) is 143 cm³/mol.